The average Bonchev–Trinajstić information content (AvgIpc) is 3.21. The molecule has 1 atom stereocenters. The Morgan fingerprint density at radius 2 is 1.78 bits per heavy atom. The van der Waals surface area contributed by atoms with Gasteiger partial charge in [-0.2, -0.15) is 5.10 Å². The topological polar surface area (TPSA) is 39.0 Å². The van der Waals surface area contributed by atoms with Gasteiger partial charge in [-0.3, -0.25) is 4.90 Å². The van der Waals surface area contributed by atoms with Crippen molar-refractivity contribution < 1.29 is 9.47 Å². The van der Waals surface area contributed by atoms with Gasteiger partial charge in [0.2, 0.25) is 0 Å². The van der Waals surface area contributed by atoms with Crippen molar-refractivity contribution in [1.82, 2.24) is 14.5 Å². The molecule has 4 aromatic rings. The van der Waals surface area contributed by atoms with Gasteiger partial charge in [0.25, 0.3) is 0 Å². The summed E-state index contributed by atoms with van der Waals surface area (Å²) in [5, 5.41) is 4.38. The van der Waals surface area contributed by atoms with Crippen LogP contribution in [-0.4, -0.2) is 47.9 Å². The average molecular weight is 428 g/mol. The van der Waals surface area contributed by atoms with Crippen LogP contribution in [0.2, 0.25) is 0 Å². The van der Waals surface area contributed by atoms with Crippen molar-refractivity contribution in [3.8, 4) is 16.9 Å². The van der Waals surface area contributed by atoms with Crippen molar-refractivity contribution in [2.24, 2.45) is 5.92 Å². The lowest BCUT2D eigenvalue weighted by atomic mass is 9.97. The molecular weight excluding hydrogens is 398 g/mol. The van der Waals surface area contributed by atoms with Gasteiger partial charge in [0.1, 0.15) is 5.75 Å². The lowest BCUT2D eigenvalue weighted by molar-refractivity contribution is 0.122. The zero-order chi connectivity index (χ0) is 21.8. The number of pyridine rings is 1. The normalized spacial score (nSPS) is 17.3. The number of benzene rings is 2. The Labute approximate surface area is 189 Å². The summed E-state index contributed by atoms with van der Waals surface area (Å²) in [5.41, 5.74) is 6.20. The predicted octanol–water partition coefficient (Wildman–Crippen LogP) is 4.70. The summed E-state index contributed by atoms with van der Waals surface area (Å²) in [6, 6.07) is 23.3. The lowest BCUT2D eigenvalue weighted by Crippen LogP contribution is -2.30. The van der Waals surface area contributed by atoms with Crippen molar-refractivity contribution in [2.45, 2.75) is 13.0 Å². The number of rotatable bonds is 6. The van der Waals surface area contributed by atoms with Crippen LogP contribution >= 0.6 is 0 Å². The number of nitrogens with zero attached hydrogens (tertiary/aromatic N) is 3. The highest BCUT2D eigenvalue weighted by Gasteiger charge is 2.21. The summed E-state index contributed by atoms with van der Waals surface area (Å²) in [6.45, 7) is 4.40. The summed E-state index contributed by atoms with van der Waals surface area (Å²) in [7, 11) is 1.74. The molecule has 0 saturated carbocycles. The minimum Gasteiger partial charge on any atom is -0.496 e. The van der Waals surface area contributed by atoms with Crippen LogP contribution in [0.4, 0.5) is 0 Å². The maximum atomic E-state index is 6.01. The molecule has 0 radical (unpaired) electrons. The van der Waals surface area contributed by atoms with E-state index in [0.29, 0.717) is 5.92 Å². The molecule has 0 amide bonds. The summed E-state index contributed by atoms with van der Waals surface area (Å²) in [4.78, 5) is 2.53. The first-order chi connectivity index (χ1) is 15.8. The van der Waals surface area contributed by atoms with Gasteiger partial charge in [-0.1, -0.05) is 48.5 Å². The van der Waals surface area contributed by atoms with E-state index < -0.39 is 0 Å². The highest BCUT2D eigenvalue weighted by molar-refractivity contribution is 5.73. The monoisotopic (exact) mass is 427 g/mol. The third-order valence-corrected chi connectivity index (χ3v) is 6.26. The third-order valence-electron chi connectivity index (χ3n) is 6.26. The number of ether oxygens (including phenoxy) is 2. The standard InChI is InChI=1S/C27H29N3O2/c1-31-27-11-5-4-10-25(27)24-9-3-2-7-23(24)19-29-15-16-32-20-21(18-29)17-22-8-6-14-30-26(22)12-13-28-30/h2-14,21H,15-20H2,1H3/t21-/m1/s1. The van der Waals surface area contributed by atoms with E-state index in [-0.39, 0.29) is 0 Å². The molecular formula is C27H29N3O2. The van der Waals surface area contributed by atoms with Gasteiger partial charge in [-0.05, 0) is 47.2 Å². The molecule has 1 aliphatic heterocycles. The van der Waals surface area contributed by atoms with Gasteiger partial charge in [-0.15, -0.1) is 0 Å². The predicted molar refractivity (Wildman–Crippen MR) is 127 cm³/mol. The Morgan fingerprint density at radius 3 is 2.69 bits per heavy atom. The maximum Gasteiger partial charge on any atom is 0.126 e. The second-order valence-electron chi connectivity index (χ2n) is 8.43. The Balaban J connectivity index is 1.36. The molecule has 5 nitrogen and oxygen atoms in total. The van der Waals surface area contributed by atoms with Crippen LogP contribution in [0.5, 0.6) is 5.75 Å². The van der Waals surface area contributed by atoms with Crippen molar-refractivity contribution >= 4 is 5.52 Å². The Bertz CT molecular complexity index is 1190. The van der Waals surface area contributed by atoms with E-state index in [9.17, 15) is 0 Å². The quantitative estimate of drug-likeness (QED) is 0.447. The Morgan fingerprint density at radius 1 is 0.969 bits per heavy atom. The lowest BCUT2D eigenvalue weighted by Gasteiger charge is -2.25. The van der Waals surface area contributed by atoms with Gasteiger partial charge in [0.05, 0.1) is 25.8 Å². The number of fused-ring (bicyclic) bond motifs is 1. The van der Waals surface area contributed by atoms with E-state index in [1.54, 1.807) is 7.11 Å². The molecule has 2 aromatic carbocycles. The molecule has 1 saturated heterocycles. The number of methoxy groups -OCH3 is 1. The Kier molecular flexibility index (Phi) is 6.19. The fourth-order valence-corrected chi connectivity index (χ4v) is 4.75. The summed E-state index contributed by atoms with van der Waals surface area (Å²) in [5.74, 6) is 1.35. The van der Waals surface area contributed by atoms with E-state index in [4.69, 9.17) is 9.47 Å². The van der Waals surface area contributed by atoms with E-state index in [1.807, 2.05) is 29.0 Å². The smallest absolute Gasteiger partial charge is 0.126 e. The summed E-state index contributed by atoms with van der Waals surface area (Å²) < 4.78 is 13.6. The van der Waals surface area contributed by atoms with Crippen LogP contribution in [0.3, 0.4) is 0 Å². The first kappa shape index (κ1) is 20.7. The van der Waals surface area contributed by atoms with Crippen LogP contribution in [0.15, 0.2) is 79.1 Å². The molecule has 0 aliphatic carbocycles. The number of para-hydroxylation sites is 1. The number of hydrogen-bond donors (Lipinski definition) is 0. The van der Waals surface area contributed by atoms with Crippen molar-refractivity contribution in [3.05, 3.63) is 90.3 Å². The molecule has 164 valence electrons. The third kappa shape index (κ3) is 4.40. The maximum absolute atomic E-state index is 6.01. The van der Waals surface area contributed by atoms with E-state index in [1.165, 1.54) is 22.2 Å². The van der Waals surface area contributed by atoms with Gasteiger partial charge >= 0.3 is 0 Å². The SMILES string of the molecule is COc1ccccc1-c1ccccc1CN1CCOC[C@H](Cc2cccn3nccc23)C1. The molecule has 0 bridgehead atoms. The van der Waals surface area contributed by atoms with Crippen LogP contribution in [-0.2, 0) is 17.7 Å². The second kappa shape index (κ2) is 9.55. The minimum absolute atomic E-state index is 0.442. The van der Waals surface area contributed by atoms with Crippen molar-refractivity contribution in [1.29, 1.82) is 0 Å². The van der Waals surface area contributed by atoms with Gasteiger partial charge in [0.15, 0.2) is 0 Å². The van der Waals surface area contributed by atoms with Crippen LogP contribution < -0.4 is 4.74 Å². The molecule has 3 heterocycles. The van der Waals surface area contributed by atoms with Crippen molar-refractivity contribution in [2.75, 3.05) is 33.4 Å². The van der Waals surface area contributed by atoms with Crippen LogP contribution in [0.1, 0.15) is 11.1 Å². The highest BCUT2D eigenvalue weighted by atomic mass is 16.5. The summed E-state index contributed by atoms with van der Waals surface area (Å²) >= 11 is 0. The number of hydrogen-bond acceptors (Lipinski definition) is 4. The number of aromatic nitrogens is 2. The van der Waals surface area contributed by atoms with E-state index in [2.05, 4.69) is 64.6 Å². The first-order valence-corrected chi connectivity index (χ1v) is 11.2. The largest absolute Gasteiger partial charge is 0.496 e. The Hall–Kier alpha value is -3.15. The van der Waals surface area contributed by atoms with E-state index >= 15 is 0 Å². The highest BCUT2D eigenvalue weighted by Crippen LogP contribution is 2.33. The molecule has 5 heteroatoms. The zero-order valence-corrected chi connectivity index (χ0v) is 18.5. The molecule has 1 aliphatic rings. The van der Waals surface area contributed by atoms with Gasteiger partial charge < -0.3 is 9.47 Å². The van der Waals surface area contributed by atoms with Gasteiger partial charge in [-0.25, -0.2) is 4.52 Å². The van der Waals surface area contributed by atoms with E-state index in [0.717, 1.165) is 50.6 Å². The molecule has 0 N–H and O–H groups in total. The molecule has 1 fully saturated rings. The molecule has 2 aromatic heterocycles. The summed E-state index contributed by atoms with van der Waals surface area (Å²) in [6.07, 6.45) is 4.85. The van der Waals surface area contributed by atoms with Crippen LogP contribution in [0, 0.1) is 5.92 Å². The molecule has 0 spiro atoms. The van der Waals surface area contributed by atoms with Gasteiger partial charge in [0, 0.05) is 37.6 Å². The first-order valence-electron chi connectivity index (χ1n) is 11.2. The van der Waals surface area contributed by atoms with Crippen LogP contribution in [0.25, 0.3) is 16.6 Å². The minimum atomic E-state index is 0.442. The second-order valence-corrected chi connectivity index (χ2v) is 8.43. The zero-order valence-electron chi connectivity index (χ0n) is 18.5. The molecule has 5 rings (SSSR count). The molecule has 0 unspecified atom stereocenters. The fourth-order valence-electron chi connectivity index (χ4n) is 4.75. The molecule has 32 heavy (non-hydrogen) atoms. The fraction of sp³-hybridized carbons (Fsp3) is 0.296. The van der Waals surface area contributed by atoms with Crippen molar-refractivity contribution in [3.63, 3.8) is 0 Å².